The summed E-state index contributed by atoms with van der Waals surface area (Å²) in [6, 6.07) is 6.16. The van der Waals surface area contributed by atoms with E-state index in [1.54, 1.807) is 0 Å². The van der Waals surface area contributed by atoms with Crippen molar-refractivity contribution in [3.8, 4) is 0 Å². The Balaban J connectivity index is 2.44. The molecule has 0 amide bonds. The lowest BCUT2D eigenvalue weighted by Gasteiger charge is -2.18. The van der Waals surface area contributed by atoms with E-state index in [9.17, 15) is 5.11 Å². The Kier molecular flexibility index (Phi) is 2.57. The number of fused-ring (bicyclic) bond motifs is 1. The maximum absolute atomic E-state index is 9.77. The van der Waals surface area contributed by atoms with Gasteiger partial charge in [-0.3, -0.25) is 0 Å². The summed E-state index contributed by atoms with van der Waals surface area (Å²) in [6.07, 6.45) is 2.51. The van der Waals surface area contributed by atoms with Crippen LogP contribution in [0.15, 0.2) is 18.2 Å². The van der Waals surface area contributed by atoms with Crippen LogP contribution in [0.25, 0.3) is 0 Å². The molecule has 0 bridgehead atoms. The van der Waals surface area contributed by atoms with Crippen molar-refractivity contribution in [2.75, 3.05) is 0 Å². The summed E-state index contributed by atoms with van der Waals surface area (Å²) >= 11 is 0. The monoisotopic (exact) mass is 191 g/mol. The van der Waals surface area contributed by atoms with Crippen molar-refractivity contribution in [3.05, 3.63) is 34.9 Å². The zero-order valence-electron chi connectivity index (χ0n) is 8.53. The first kappa shape index (κ1) is 9.69. The van der Waals surface area contributed by atoms with Crippen molar-refractivity contribution in [1.82, 2.24) is 0 Å². The average Bonchev–Trinajstić information content (AvgIpc) is 2.30. The Labute approximate surface area is 84.7 Å². The largest absolute Gasteiger partial charge is 0.391 e. The molecule has 0 aromatic heterocycles. The highest BCUT2D eigenvalue weighted by Gasteiger charge is 2.22. The third-order valence-corrected chi connectivity index (χ3v) is 3.02. The molecule has 0 aliphatic heterocycles. The van der Waals surface area contributed by atoms with Crippen LogP contribution in [0.5, 0.6) is 0 Å². The summed E-state index contributed by atoms with van der Waals surface area (Å²) in [4.78, 5) is 0. The van der Waals surface area contributed by atoms with Gasteiger partial charge in [-0.2, -0.15) is 0 Å². The van der Waals surface area contributed by atoms with Gasteiger partial charge in [-0.05, 0) is 37.3 Å². The predicted molar refractivity (Wildman–Crippen MR) is 57.1 cm³/mol. The molecule has 2 atom stereocenters. The fraction of sp³-hybridized carbons (Fsp3) is 0.500. The molecule has 2 nitrogen and oxygen atoms in total. The molecule has 2 rings (SSSR count). The molecule has 76 valence electrons. The number of nitrogens with two attached hydrogens (primary N) is 1. The highest BCUT2D eigenvalue weighted by atomic mass is 16.3. The SMILES string of the molecule is Cc1ccc2c(c1)[C@@H](N)[C@H](O)CCC2. The molecule has 0 unspecified atom stereocenters. The molecule has 1 aliphatic rings. The summed E-state index contributed by atoms with van der Waals surface area (Å²) in [5.41, 5.74) is 9.66. The molecular formula is C12H17NO. The molecule has 0 fully saturated rings. The zero-order chi connectivity index (χ0) is 10.1. The van der Waals surface area contributed by atoms with Crippen LogP contribution in [-0.4, -0.2) is 11.2 Å². The van der Waals surface area contributed by atoms with E-state index in [0.717, 1.165) is 24.8 Å². The van der Waals surface area contributed by atoms with E-state index in [4.69, 9.17) is 5.73 Å². The van der Waals surface area contributed by atoms with Gasteiger partial charge < -0.3 is 10.8 Å². The highest BCUT2D eigenvalue weighted by molar-refractivity contribution is 5.35. The fourth-order valence-electron chi connectivity index (χ4n) is 2.14. The molecule has 1 aromatic carbocycles. The molecule has 14 heavy (non-hydrogen) atoms. The van der Waals surface area contributed by atoms with Crippen molar-refractivity contribution < 1.29 is 5.11 Å². The maximum atomic E-state index is 9.77. The van der Waals surface area contributed by atoms with E-state index < -0.39 is 0 Å². The smallest absolute Gasteiger partial charge is 0.0733 e. The Bertz CT molecular complexity index is 335. The molecule has 0 saturated heterocycles. The summed E-state index contributed by atoms with van der Waals surface area (Å²) < 4.78 is 0. The molecular weight excluding hydrogens is 174 g/mol. The molecule has 0 spiro atoms. The Morgan fingerprint density at radius 3 is 3.00 bits per heavy atom. The van der Waals surface area contributed by atoms with Gasteiger partial charge in [0.2, 0.25) is 0 Å². The van der Waals surface area contributed by atoms with Gasteiger partial charge in [-0.25, -0.2) is 0 Å². The Morgan fingerprint density at radius 1 is 1.43 bits per heavy atom. The second-order valence-corrected chi connectivity index (χ2v) is 4.19. The van der Waals surface area contributed by atoms with Crippen molar-refractivity contribution >= 4 is 0 Å². The maximum Gasteiger partial charge on any atom is 0.0733 e. The number of hydrogen-bond acceptors (Lipinski definition) is 2. The number of aliphatic hydroxyl groups is 1. The molecule has 1 aliphatic carbocycles. The molecule has 1 aromatic rings. The third kappa shape index (κ3) is 1.68. The lowest BCUT2D eigenvalue weighted by Crippen LogP contribution is -2.25. The second kappa shape index (κ2) is 3.71. The Morgan fingerprint density at radius 2 is 2.21 bits per heavy atom. The van der Waals surface area contributed by atoms with Gasteiger partial charge >= 0.3 is 0 Å². The van der Waals surface area contributed by atoms with Crippen molar-refractivity contribution in [3.63, 3.8) is 0 Å². The Hall–Kier alpha value is -0.860. The van der Waals surface area contributed by atoms with E-state index in [0.29, 0.717) is 0 Å². The predicted octanol–water partition coefficient (Wildman–Crippen LogP) is 1.69. The zero-order valence-corrected chi connectivity index (χ0v) is 8.53. The number of benzene rings is 1. The highest BCUT2D eigenvalue weighted by Crippen LogP contribution is 2.27. The topological polar surface area (TPSA) is 46.2 Å². The third-order valence-electron chi connectivity index (χ3n) is 3.02. The standard InChI is InChI=1S/C12H17NO/c1-8-5-6-9-3-2-4-11(14)12(13)10(9)7-8/h5-7,11-12,14H,2-4,13H2,1H3/t11-,12-/m1/s1. The summed E-state index contributed by atoms with van der Waals surface area (Å²) in [5, 5.41) is 9.77. The molecule has 0 saturated carbocycles. The summed E-state index contributed by atoms with van der Waals surface area (Å²) in [5.74, 6) is 0. The van der Waals surface area contributed by atoms with Crippen LogP contribution in [0.3, 0.4) is 0 Å². The van der Waals surface area contributed by atoms with Gasteiger partial charge in [0, 0.05) is 0 Å². The van der Waals surface area contributed by atoms with Crippen LogP contribution in [0.2, 0.25) is 0 Å². The van der Waals surface area contributed by atoms with Gasteiger partial charge in [0.15, 0.2) is 0 Å². The molecule has 3 N–H and O–H groups in total. The van der Waals surface area contributed by atoms with Crippen molar-refractivity contribution in [1.29, 1.82) is 0 Å². The van der Waals surface area contributed by atoms with E-state index >= 15 is 0 Å². The number of aliphatic hydroxyl groups excluding tert-OH is 1. The quantitative estimate of drug-likeness (QED) is 0.613. The lowest BCUT2D eigenvalue weighted by atomic mass is 9.96. The lowest BCUT2D eigenvalue weighted by molar-refractivity contribution is 0.136. The van der Waals surface area contributed by atoms with Crippen LogP contribution in [0.4, 0.5) is 0 Å². The van der Waals surface area contributed by atoms with Crippen molar-refractivity contribution in [2.24, 2.45) is 5.73 Å². The van der Waals surface area contributed by atoms with Gasteiger partial charge in [0.05, 0.1) is 12.1 Å². The normalized spacial score (nSPS) is 26.8. The number of hydrogen-bond donors (Lipinski definition) is 2. The minimum atomic E-state index is -0.377. The minimum Gasteiger partial charge on any atom is -0.391 e. The van der Waals surface area contributed by atoms with E-state index in [1.807, 2.05) is 0 Å². The van der Waals surface area contributed by atoms with Gasteiger partial charge in [-0.15, -0.1) is 0 Å². The summed E-state index contributed by atoms with van der Waals surface area (Å²) in [7, 11) is 0. The van der Waals surface area contributed by atoms with Crippen LogP contribution in [-0.2, 0) is 6.42 Å². The first-order valence-electron chi connectivity index (χ1n) is 5.21. The summed E-state index contributed by atoms with van der Waals surface area (Å²) in [6.45, 7) is 2.06. The minimum absolute atomic E-state index is 0.201. The van der Waals surface area contributed by atoms with Gasteiger partial charge in [-0.1, -0.05) is 23.8 Å². The first-order valence-corrected chi connectivity index (χ1v) is 5.21. The number of rotatable bonds is 0. The van der Waals surface area contributed by atoms with Crippen LogP contribution < -0.4 is 5.73 Å². The van der Waals surface area contributed by atoms with E-state index in [-0.39, 0.29) is 12.1 Å². The van der Waals surface area contributed by atoms with Crippen LogP contribution in [0.1, 0.15) is 35.6 Å². The fourth-order valence-corrected chi connectivity index (χ4v) is 2.14. The van der Waals surface area contributed by atoms with Crippen molar-refractivity contribution in [2.45, 2.75) is 38.3 Å². The van der Waals surface area contributed by atoms with Crippen LogP contribution >= 0.6 is 0 Å². The van der Waals surface area contributed by atoms with E-state index in [1.165, 1.54) is 11.1 Å². The molecule has 2 heteroatoms. The van der Waals surface area contributed by atoms with E-state index in [2.05, 4.69) is 25.1 Å². The first-order chi connectivity index (χ1) is 6.68. The van der Waals surface area contributed by atoms with Gasteiger partial charge in [0.1, 0.15) is 0 Å². The molecule has 0 heterocycles. The van der Waals surface area contributed by atoms with Crippen LogP contribution in [0, 0.1) is 6.92 Å². The average molecular weight is 191 g/mol. The number of aryl methyl sites for hydroxylation is 2. The molecule has 0 radical (unpaired) electrons. The van der Waals surface area contributed by atoms with Gasteiger partial charge in [0.25, 0.3) is 0 Å². The second-order valence-electron chi connectivity index (χ2n) is 4.19.